The minimum atomic E-state index is -2.64. The summed E-state index contributed by atoms with van der Waals surface area (Å²) in [5.74, 6) is 1.05. The van der Waals surface area contributed by atoms with Crippen molar-refractivity contribution in [2.45, 2.75) is 43.6 Å². The Morgan fingerprint density at radius 1 is 1.39 bits per heavy atom. The summed E-state index contributed by atoms with van der Waals surface area (Å²) < 4.78 is 17.7. The van der Waals surface area contributed by atoms with Gasteiger partial charge in [-0.3, -0.25) is 0 Å². The van der Waals surface area contributed by atoms with E-state index in [0.29, 0.717) is 23.2 Å². The fraction of sp³-hybridized carbons (Fsp3) is 0.579. The molecule has 3 rings (SSSR count). The third kappa shape index (κ3) is 2.38. The quantitative estimate of drug-likeness (QED) is 0.853. The Morgan fingerprint density at radius 2 is 2.04 bits per heavy atom. The molecule has 2 fully saturated rings. The molecule has 23 heavy (non-hydrogen) atoms. The predicted molar refractivity (Wildman–Crippen MR) is 94.8 cm³/mol. The zero-order valence-corrected chi connectivity index (χ0v) is 15.1. The summed E-state index contributed by atoms with van der Waals surface area (Å²) in [6, 6.07) is 9.35. The van der Waals surface area contributed by atoms with Crippen molar-refractivity contribution in [3.05, 3.63) is 42.5 Å². The number of nitrogens with zero attached hydrogens (tertiary/aromatic N) is 1. The zero-order valence-electron chi connectivity index (χ0n) is 14.3. The molecule has 1 N–H and O–H groups in total. The second-order valence-corrected chi connectivity index (χ2v) is 9.90. The maximum Gasteiger partial charge on any atom is 0.0867 e. The monoisotopic (exact) mass is 333 g/mol. The molecular weight excluding hydrogens is 306 g/mol. The van der Waals surface area contributed by atoms with Gasteiger partial charge in [-0.1, -0.05) is 44.2 Å². The van der Waals surface area contributed by atoms with E-state index in [-0.39, 0.29) is 11.2 Å². The molecule has 2 aliphatic rings. The van der Waals surface area contributed by atoms with Gasteiger partial charge < -0.3 is 5.11 Å². The van der Waals surface area contributed by atoms with Gasteiger partial charge in [-0.15, -0.1) is 0 Å². The average Bonchev–Trinajstić information content (AvgIpc) is 2.80. The normalized spacial score (nSPS) is 39.0. The molecule has 1 unspecified atom stereocenters. The lowest BCUT2D eigenvalue weighted by molar-refractivity contribution is -0.0641. The molecule has 2 aliphatic carbocycles. The average molecular weight is 333 g/mol. The molecule has 3 nitrogen and oxygen atoms in total. The minimum Gasteiger partial charge on any atom is -0.388 e. The van der Waals surface area contributed by atoms with Crippen LogP contribution in [0.25, 0.3) is 0 Å². The maximum absolute atomic E-state index is 13.5. The molecule has 4 heteroatoms. The van der Waals surface area contributed by atoms with Gasteiger partial charge in [0.2, 0.25) is 0 Å². The van der Waals surface area contributed by atoms with Crippen molar-refractivity contribution in [2.75, 3.05) is 12.8 Å². The van der Waals surface area contributed by atoms with Gasteiger partial charge in [0.25, 0.3) is 0 Å². The van der Waals surface area contributed by atoms with Gasteiger partial charge in [0.05, 0.1) is 21.1 Å². The SMILES string of the molecule is C=C1[C@@H]2CC[C@@]1(C)[C@@](O)(CS(=O)(=NC)c1ccccc1)C[C@H]2C. The van der Waals surface area contributed by atoms with E-state index in [2.05, 4.69) is 24.8 Å². The van der Waals surface area contributed by atoms with Crippen LogP contribution in [0, 0.1) is 17.3 Å². The van der Waals surface area contributed by atoms with E-state index >= 15 is 0 Å². The molecule has 0 aliphatic heterocycles. The summed E-state index contributed by atoms with van der Waals surface area (Å²) in [6.07, 6.45) is 2.67. The van der Waals surface area contributed by atoms with E-state index in [1.165, 1.54) is 0 Å². The predicted octanol–water partition coefficient (Wildman–Crippen LogP) is 3.89. The van der Waals surface area contributed by atoms with Crippen LogP contribution in [0.3, 0.4) is 0 Å². The maximum atomic E-state index is 13.5. The molecule has 2 bridgehead atoms. The van der Waals surface area contributed by atoms with Gasteiger partial charge in [0.1, 0.15) is 0 Å². The summed E-state index contributed by atoms with van der Waals surface area (Å²) in [7, 11) is -1.04. The molecule has 5 atom stereocenters. The van der Waals surface area contributed by atoms with Crippen LogP contribution in [0.5, 0.6) is 0 Å². The van der Waals surface area contributed by atoms with Crippen LogP contribution >= 0.6 is 0 Å². The molecular formula is C19H27NO2S. The van der Waals surface area contributed by atoms with Gasteiger partial charge >= 0.3 is 0 Å². The topological polar surface area (TPSA) is 49.7 Å². The van der Waals surface area contributed by atoms with Crippen molar-refractivity contribution in [3.63, 3.8) is 0 Å². The highest BCUT2D eigenvalue weighted by atomic mass is 32.2. The highest BCUT2D eigenvalue weighted by molar-refractivity contribution is 7.93. The third-order valence-electron chi connectivity index (χ3n) is 6.33. The summed E-state index contributed by atoms with van der Waals surface area (Å²) in [5, 5.41) is 11.6. The summed E-state index contributed by atoms with van der Waals surface area (Å²) in [5.41, 5.74) is -0.223. The molecule has 0 aromatic heterocycles. The molecule has 0 spiro atoms. The van der Waals surface area contributed by atoms with Crippen molar-refractivity contribution in [1.29, 1.82) is 0 Å². The minimum absolute atomic E-state index is 0.188. The zero-order chi connectivity index (χ0) is 16.9. The molecule has 1 aromatic carbocycles. The van der Waals surface area contributed by atoms with Crippen LogP contribution in [-0.4, -0.2) is 27.7 Å². The number of aliphatic hydroxyl groups is 1. The Morgan fingerprint density at radius 3 is 2.65 bits per heavy atom. The Balaban J connectivity index is 2.04. The lowest BCUT2D eigenvalue weighted by atomic mass is 9.61. The van der Waals surface area contributed by atoms with Crippen LogP contribution in [-0.2, 0) is 9.73 Å². The Labute approximate surface area is 140 Å². The molecule has 126 valence electrons. The molecule has 0 saturated heterocycles. The summed E-state index contributed by atoms with van der Waals surface area (Å²) in [4.78, 5) is 0.706. The lowest BCUT2D eigenvalue weighted by Gasteiger charge is -2.50. The first kappa shape index (κ1) is 16.7. The third-order valence-corrected chi connectivity index (χ3v) is 8.79. The van der Waals surface area contributed by atoms with Crippen LogP contribution in [0.2, 0.25) is 0 Å². The van der Waals surface area contributed by atoms with Crippen molar-refractivity contribution in [3.8, 4) is 0 Å². The smallest absolute Gasteiger partial charge is 0.0867 e. The first-order valence-electron chi connectivity index (χ1n) is 8.35. The number of hydrogen-bond donors (Lipinski definition) is 1. The fourth-order valence-corrected chi connectivity index (χ4v) is 6.85. The van der Waals surface area contributed by atoms with Gasteiger partial charge in [0.15, 0.2) is 0 Å². The molecule has 2 saturated carbocycles. The van der Waals surface area contributed by atoms with Crippen molar-refractivity contribution in [2.24, 2.45) is 21.6 Å². The Kier molecular flexibility index (Phi) is 3.96. The van der Waals surface area contributed by atoms with Crippen molar-refractivity contribution >= 4 is 9.73 Å². The van der Waals surface area contributed by atoms with E-state index in [1.807, 2.05) is 30.3 Å². The highest BCUT2D eigenvalue weighted by Gasteiger charge is 2.59. The molecule has 0 amide bonds. The molecule has 1 aromatic rings. The summed E-state index contributed by atoms with van der Waals surface area (Å²) in [6.45, 7) is 8.58. The first-order chi connectivity index (χ1) is 10.8. The Bertz CT molecular complexity index is 735. The van der Waals surface area contributed by atoms with E-state index in [9.17, 15) is 9.32 Å². The van der Waals surface area contributed by atoms with Gasteiger partial charge in [-0.05, 0) is 43.2 Å². The second-order valence-electron chi connectivity index (χ2n) is 7.50. The van der Waals surface area contributed by atoms with E-state index in [1.54, 1.807) is 7.05 Å². The van der Waals surface area contributed by atoms with Crippen molar-refractivity contribution < 1.29 is 9.32 Å². The van der Waals surface area contributed by atoms with E-state index in [0.717, 1.165) is 18.4 Å². The number of hydrogen-bond acceptors (Lipinski definition) is 3. The Hall–Kier alpha value is -1.13. The largest absolute Gasteiger partial charge is 0.388 e. The number of rotatable bonds is 3. The standard InChI is InChI=1S/C19H27NO2S/c1-14-12-19(21,18(3)11-10-17(14)15(18)2)13-23(22,20-4)16-8-6-5-7-9-16/h5-9,14,17,21H,2,10-13H2,1,3-4H3/t14-,17-,18-,19+,23?/m1/s1. The van der Waals surface area contributed by atoms with Gasteiger partial charge in [-0.25, -0.2) is 8.57 Å². The fourth-order valence-electron chi connectivity index (χ4n) is 4.68. The van der Waals surface area contributed by atoms with Gasteiger partial charge in [-0.2, -0.15) is 0 Å². The first-order valence-corrected chi connectivity index (χ1v) is 10.0. The van der Waals surface area contributed by atoms with Crippen LogP contribution in [0.4, 0.5) is 0 Å². The lowest BCUT2D eigenvalue weighted by Crippen LogP contribution is -2.54. The molecule has 0 heterocycles. The van der Waals surface area contributed by atoms with E-state index in [4.69, 9.17) is 0 Å². The molecule has 0 radical (unpaired) electrons. The highest BCUT2D eigenvalue weighted by Crippen LogP contribution is 2.61. The van der Waals surface area contributed by atoms with Crippen LogP contribution in [0.1, 0.15) is 33.1 Å². The number of benzene rings is 1. The number of fused-ring (bicyclic) bond motifs is 2. The second kappa shape index (κ2) is 5.45. The summed E-state index contributed by atoms with van der Waals surface area (Å²) >= 11 is 0. The van der Waals surface area contributed by atoms with Gasteiger partial charge in [0, 0.05) is 17.4 Å². The van der Waals surface area contributed by atoms with Crippen LogP contribution in [0.15, 0.2) is 51.7 Å². The van der Waals surface area contributed by atoms with Crippen molar-refractivity contribution in [1.82, 2.24) is 0 Å². The van der Waals surface area contributed by atoms with Crippen LogP contribution < -0.4 is 0 Å². The van der Waals surface area contributed by atoms with E-state index < -0.39 is 15.3 Å².